The number of halogens is 3. The fourth-order valence-electron chi connectivity index (χ4n) is 2.66. The molecule has 5 N–H and O–H groups in total. The van der Waals surface area contributed by atoms with E-state index in [1.165, 1.54) is 12.1 Å². The number of anilines is 3. The van der Waals surface area contributed by atoms with E-state index in [4.69, 9.17) is 11.5 Å². The number of nitrogens with one attached hydrogen (secondary N) is 1. The van der Waals surface area contributed by atoms with Crippen molar-refractivity contribution in [2.75, 3.05) is 23.3 Å². The van der Waals surface area contributed by atoms with E-state index >= 15 is 0 Å². The first-order valence-corrected chi connectivity index (χ1v) is 8.10. The summed E-state index contributed by atoms with van der Waals surface area (Å²) in [6.45, 7) is 2.64. The molecule has 140 valence electrons. The summed E-state index contributed by atoms with van der Waals surface area (Å²) in [5, 5.41) is 3.06. The van der Waals surface area contributed by atoms with E-state index in [9.17, 15) is 13.2 Å². The van der Waals surface area contributed by atoms with Crippen LogP contribution in [0.1, 0.15) is 12.5 Å². The van der Waals surface area contributed by atoms with Gasteiger partial charge >= 0.3 is 6.18 Å². The molecule has 2 heterocycles. The number of hydrogen-bond acceptors (Lipinski definition) is 6. The van der Waals surface area contributed by atoms with Crippen LogP contribution in [0.2, 0.25) is 0 Å². The fourth-order valence-corrected chi connectivity index (χ4v) is 2.66. The third-order valence-electron chi connectivity index (χ3n) is 3.83. The molecule has 0 aliphatic heterocycles. The van der Waals surface area contributed by atoms with Crippen molar-refractivity contribution in [1.29, 1.82) is 0 Å². The number of pyridine rings is 1. The van der Waals surface area contributed by atoms with Gasteiger partial charge in [-0.25, -0.2) is 9.97 Å². The van der Waals surface area contributed by atoms with Crippen LogP contribution < -0.4 is 16.8 Å². The lowest BCUT2D eigenvalue weighted by Crippen LogP contribution is -2.07. The zero-order chi connectivity index (χ0) is 19.6. The largest absolute Gasteiger partial charge is 0.416 e. The Morgan fingerprint density at radius 1 is 1.04 bits per heavy atom. The molecular formula is C18H17F3N6. The standard InChI is InChI=1S/C18H17F3N6/c1-2-24-13-7-6-11(9-25-13)14-15(26-17(23)27-16(14)22)10-4-3-5-12(8-10)18(19,20)21/h3-9H,2H2,1H3,(H,24,25)(H4,22,23,26,27). The van der Waals surface area contributed by atoms with Crippen LogP contribution in [0, 0.1) is 0 Å². The predicted molar refractivity (Wildman–Crippen MR) is 98.7 cm³/mol. The fraction of sp³-hybridized carbons (Fsp3) is 0.167. The summed E-state index contributed by atoms with van der Waals surface area (Å²) in [6.07, 6.45) is -2.92. The highest BCUT2D eigenvalue weighted by Crippen LogP contribution is 2.37. The summed E-state index contributed by atoms with van der Waals surface area (Å²) in [4.78, 5) is 12.3. The monoisotopic (exact) mass is 374 g/mol. The van der Waals surface area contributed by atoms with Gasteiger partial charge in [-0.2, -0.15) is 18.2 Å². The first-order valence-electron chi connectivity index (χ1n) is 8.10. The highest BCUT2D eigenvalue weighted by atomic mass is 19.4. The molecule has 0 radical (unpaired) electrons. The van der Waals surface area contributed by atoms with Crippen molar-refractivity contribution in [2.24, 2.45) is 0 Å². The SMILES string of the molecule is CCNc1ccc(-c2c(N)nc(N)nc2-c2cccc(C(F)(F)F)c2)cn1. The van der Waals surface area contributed by atoms with Crippen LogP contribution in [0.4, 0.5) is 30.8 Å². The van der Waals surface area contributed by atoms with E-state index in [1.54, 1.807) is 18.3 Å². The van der Waals surface area contributed by atoms with Crippen LogP contribution in [0.5, 0.6) is 0 Å². The van der Waals surface area contributed by atoms with E-state index in [-0.39, 0.29) is 23.0 Å². The van der Waals surface area contributed by atoms with E-state index in [2.05, 4.69) is 20.3 Å². The lowest BCUT2D eigenvalue weighted by atomic mass is 9.99. The lowest BCUT2D eigenvalue weighted by Gasteiger charge is -2.14. The highest BCUT2D eigenvalue weighted by Gasteiger charge is 2.31. The second kappa shape index (κ2) is 7.10. The molecule has 9 heteroatoms. The van der Waals surface area contributed by atoms with Crippen molar-refractivity contribution < 1.29 is 13.2 Å². The maximum Gasteiger partial charge on any atom is 0.416 e. The summed E-state index contributed by atoms with van der Waals surface area (Å²) in [5.41, 5.74) is 12.3. The Labute approximate surface area is 153 Å². The molecule has 3 aromatic rings. The van der Waals surface area contributed by atoms with Crippen LogP contribution in [0.3, 0.4) is 0 Å². The number of nitrogen functional groups attached to an aromatic ring is 2. The van der Waals surface area contributed by atoms with Gasteiger partial charge < -0.3 is 16.8 Å². The summed E-state index contributed by atoms with van der Waals surface area (Å²) in [7, 11) is 0. The molecule has 0 unspecified atom stereocenters. The number of nitrogens with two attached hydrogens (primary N) is 2. The van der Waals surface area contributed by atoms with Gasteiger partial charge in [0, 0.05) is 23.9 Å². The molecule has 6 nitrogen and oxygen atoms in total. The Morgan fingerprint density at radius 2 is 1.81 bits per heavy atom. The maximum atomic E-state index is 13.1. The third-order valence-corrected chi connectivity index (χ3v) is 3.83. The Hall–Kier alpha value is -3.36. The molecular weight excluding hydrogens is 357 g/mol. The van der Waals surface area contributed by atoms with Crippen LogP contribution in [0.25, 0.3) is 22.4 Å². The van der Waals surface area contributed by atoms with Gasteiger partial charge in [-0.15, -0.1) is 0 Å². The zero-order valence-corrected chi connectivity index (χ0v) is 14.4. The number of nitrogens with zero attached hydrogens (tertiary/aromatic N) is 3. The average molecular weight is 374 g/mol. The van der Waals surface area contributed by atoms with Crippen LogP contribution in [-0.2, 0) is 6.18 Å². The summed E-state index contributed by atoms with van der Waals surface area (Å²) >= 11 is 0. The van der Waals surface area contributed by atoms with Crippen molar-refractivity contribution in [3.8, 4) is 22.4 Å². The van der Waals surface area contributed by atoms with Gasteiger partial charge in [0.25, 0.3) is 0 Å². The van der Waals surface area contributed by atoms with Gasteiger partial charge in [-0.05, 0) is 31.2 Å². The summed E-state index contributed by atoms with van der Waals surface area (Å²) in [5.74, 6) is 0.602. The minimum atomic E-state index is -4.48. The molecule has 2 aromatic heterocycles. The Balaban J connectivity index is 2.17. The van der Waals surface area contributed by atoms with Gasteiger partial charge in [-0.3, -0.25) is 0 Å². The first kappa shape index (κ1) is 18.4. The maximum absolute atomic E-state index is 13.1. The minimum absolute atomic E-state index is 0.0629. The van der Waals surface area contributed by atoms with E-state index in [1.807, 2.05) is 6.92 Å². The normalized spacial score (nSPS) is 11.4. The molecule has 0 amide bonds. The second-order valence-corrected chi connectivity index (χ2v) is 5.73. The molecule has 0 saturated heterocycles. The first-order chi connectivity index (χ1) is 12.8. The molecule has 3 rings (SSSR count). The van der Waals surface area contributed by atoms with Crippen molar-refractivity contribution in [2.45, 2.75) is 13.1 Å². The molecule has 0 bridgehead atoms. The number of alkyl halides is 3. The zero-order valence-electron chi connectivity index (χ0n) is 14.4. The minimum Gasteiger partial charge on any atom is -0.383 e. The summed E-state index contributed by atoms with van der Waals surface area (Å²) in [6, 6.07) is 8.30. The number of hydrogen-bond donors (Lipinski definition) is 3. The molecule has 0 spiro atoms. The highest BCUT2D eigenvalue weighted by molar-refractivity contribution is 5.88. The molecule has 1 aromatic carbocycles. The van der Waals surface area contributed by atoms with Crippen molar-refractivity contribution in [3.05, 3.63) is 48.2 Å². The molecule has 0 saturated carbocycles. The van der Waals surface area contributed by atoms with Crippen LogP contribution >= 0.6 is 0 Å². The Kier molecular flexibility index (Phi) is 4.85. The molecule has 0 aliphatic rings. The third kappa shape index (κ3) is 3.91. The number of aromatic nitrogens is 3. The van der Waals surface area contributed by atoms with E-state index in [0.717, 1.165) is 12.1 Å². The topological polar surface area (TPSA) is 103 Å². The molecule has 0 aliphatic carbocycles. The number of benzene rings is 1. The van der Waals surface area contributed by atoms with Crippen molar-refractivity contribution in [3.63, 3.8) is 0 Å². The predicted octanol–water partition coefficient (Wildman–Crippen LogP) is 3.82. The van der Waals surface area contributed by atoms with Gasteiger partial charge in [0.05, 0.1) is 16.8 Å². The van der Waals surface area contributed by atoms with Gasteiger partial charge in [0.15, 0.2) is 0 Å². The van der Waals surface area contributed by atoms with Gasteiger partial charge in [0.1, 0.15) is 11.6 Å². The molecule has 0 fully saturated rings. The lowest BCUT2D eigenvalue weighted by molar-refractivity contribution is -0.137. The summed E-state index contributed by atoms with van der Waals surface area (Å²) < 4.78 is 39.3. The molecule has 0 atom stereocenters. The smallest absolute Gasteiger partial charge is 0.383 e. The van der Waals surface area contributed by atoms with Crippen molar-refractivity contribution >= 4 is 17.6 Å². The van der Waals surface area contributed by atoms with Gasteiger partial charge in [0.2, 0.25) is 5.95 Å². The average Bonchev–Trinajstić information content (AvgIpc) is 2.62. The van der Waals surface area contributed by atoms with Crippen LogP contribution in [-0.4, -0.2) is 21.5 Å². The van der Waals surface area contributed by atoms with Crippen LogP contribution in [0.15, 0.2) is 42.6 Å². The Morgan fingerprint density at radius 3 is 2.44 bits per heavy atom. The number of rotatable bonds is 4. The van der Waals surface area contributed by atoms with E-state index < -0.39 is 11.7 Å². The van der Waals surface area contributed by atoms with Crippen molar-refractivity contribution in [1.82, 2.24) is 15.0 Å². The van der Waals surface area contributed by atoms with E-state index in [0.29, 0.717) is 23.5 Å². The molecule has 27 heavy (non-hydrogen) atoms. The quantitative estimate of drug-likeness (QED) is 0.642. The Bertz CT molecular complexity index is 954. The second-order valence-electron chi connectivity index (χ2n) is 5.73. The van der Waals surface area contributed by atoms with Gasteiger partial charge in [-0.1, -0.05) is 12.1 Å².